The summed E-state index contributed by atoms with van der Waals surface area (Å²) in [5.41, 5.74) is 2.79. The average Bonchev–Trinajstić information content (AvgIpc) is 2.86. The third kappa shape index (κ3) is 3.94. The number of halogens is 1. The highest BCUT2D eigenvalue weighted by Crippen LogP contribution is 2.44. The Hall–Kier alpha value is -3.99. The molecule has 4 nitrogen and oxygen atoms in total. The molecule has 170 valence electrons. The first-order valence-corrected chi connectivity index (χ1v) is 11.4. The van der Waals surface area contributed by atoms with Crippen molar-refractivity contribution in [1.29, 1.82) is 0 Å². The van der Waals surface area contributed by atoms with Crippen LogP contribution < -0.4 is 0 Å². The molecule has 0 saturated carbocycles. The Kier molecular flexibility index (Phi) is 5.84. The molecule has 1 heterocycles. The standard InChI is InChI=1S/C29H24FNO3/c30-21-16-14-19(15-17-21)7-6-18-31-27(24-13-5-9-20-8-1-2-10-22(20)24)26(29(33)34)23-11-3-4-12-25(23)28(31)32/h1-5,8-17,26-27H,6-7,18H2,(H,33,34). The van der Waals surface area contributed by atoms with Crippen molar-refractivity contribution >= 4 is 22.6 Å². The van der Waals surface area contributed by atoms with Gasteiger partial charge in [0.05, 0.1) is 6.04 Å². The lowest BCUT2D eigenvalue weighted by Gasteiger charge is -2.41. The Balaban J connectivity index is 1.58. The Morgan fingerprint density at radius 1 is 0.853 bits per heavy atom. The predicted molar refractivity (Wildman–Crippen MR) is 129 cm³/mol. The summed E-state index contributed by atoms with van der Waals surface area (Å²) in [5, 5.41) is 12.3. The van der Waals surface area contributed by atoms with E-state index in [4.69, 9.17) is 0 Å². The van der Waals surface area contributed by atoms with Crippen LogP contribution in [-0.2, 0) is 11.2 Å². The van der Waals surface area contributed by atoms with Crippen molar-refractivity contribution < 1.29 is 19.1 Å². The summed E-state index contributed by atoms with van der Waals surface area (Å²) >= 11 is 0. The molecule has 1 N–H and O–H groups in total. The van der Waals surface area contributed by atoms with Gasteiger partial charge in [0.1, 0.15) is 11.7 Å². The molecule has 0 aliphatic carbocycles. The third-order valence-corrected chi connectivity index (χ3v) is 6.62. The van der Waals surface area contributed by atoms with E-state index < -0.39 is 17.9 Å². The SMILES string of the molecule is O=C(O)C1c2ccccc2C(=O)N(CCCc2ccc(F)cc2)C1c1cccc2ccccc12. The largest absolute Gasteiger partial charge is 0.481 e. The molecule has 0 fully saturated rings. The molecule has 0 saturated heterocycles. The van der Waals surface area contributed by atoms with Crippen molar-refractivity contribution in [2.24, 2.45) is 0 Å². The number of carbonyl (C=O) groups is 2. The Morgan fingerprint density at radius 2 is 1.53 bits per heavy atom. The maximum absolute atomic E-state index is 13.7. The van der Waals surface area contributed by atoms with Crippen LogP contribution in [0.25, 0.3) is 10.8 Å². The van der Waals surface area contributed by atoms with Gasteiger partial charge in [0, 0.05) is 12.1 Å². The van der Waals surface area contributed by atoms with Crippen LogP contribution in [0.3, 0.4) is 0 Å². The zero-order valence-electron chi connectivity index (χ0n) is 18.5. The van der Waals surface area contributed by atoms with Crippen LogP contribution in [0.4, 0.5) is 4.39 Å². The number of benzene rings is 4. The van der Waals surface area contributed by atoms with Gasteiger partial charge in [-0.05, 0) is 58.5 Å². The smallest absolute Gasteiger partial charge is 0.313 e. The highest BCUT2D eigenvalue weighted by Gasteiger charge is 2.44. The average molecular weight is 454 g/mol. The first-order valence-electron chi connectivity index (χ1n) is 11.4. The van der Waals surface area contributed by atoms with Gasteiger partial charge in [0.25, 0.3) is 5.91 Å². The van der Waals surface area contributed by atoms with Crippen LogP contribution in [0.5, 0.6) is 0 Å². The maximum Gasteiger partial charge on any atom is 0.313 e. The monoisotopic (exact) mass is 453 g/mol. The molecule has 1 aliphatic heterocycles. The molecule has 4 aromatic rings. The minimum atomic E-state index is -0.957. The molecule has 5 heteroatoms. The number of fused-ring (bicyclic) bond motifs is 2. The Labute approximate surface area is 197 Å². The van der Waals surface area contributed by atoms with Gasteiger partial charge in [0.2, 0.25) is 0 Å². The Bertz CT molecular complexity index is 1360. The number of aryl methyl sites for hydroxylation is 1. The van der Waals surface area contributed by atoms with Crippen LogP contribution in [0, 0.1) is 5.82 Å². The van der Waals surface area contributed by atoms with Crippen molar-refractivity contribution in [3.63, 3.8) is 0 Å². The van der Waals surface area contributed by atoms with Crippen molar-refractivity contribution in [3.8, 4) is 0 Å². The number of hydrogen-bond donors (Lipinski definition) is 1. The highest BCUT2D eigenvalue weighted by atomic mass is 19.1. The molecule has 0 aromatic heterocycles. The van der Waals surface area contributed by atoms with Crippen molar-refractivity contribution in [1.82, 2.24) is 4.90 Å². The van der Waals surface area contributed by atoms with Crippen LogP contribution in [0.15, 0.2) is 91.0 Å². The normalized spacial score (nSPS) is 17.6. The summed E-state index contributed by atoms with van der Waals surface area (Å²) in [7, 11) is 0. The fraction of sp³-hybridized carbons (Fsp3) is 0.172. The van der Waals surface area contributed by atoms with Crippen molar-refractivity contribution in [3.05, 3.63) is 119 Å². The molecule has 5 rings (SSSR count). The minimum absolute atomic E-state index is 0.162. The summed E-state index contributed by atoms with van der Waals surface area (Å²) in [6, 6.07) is 26.4. The van der Waals surface area contributed by atoms with Gasteiger partial charge in [-0.2, -0.15) is 0 Å². The van der Waals surface area contributed by atoms with Gasteiger partial charge >= 0.3 is 5.97 Å². The lowest BCUT2D eigenvalue weighted by molar-refractivity contribution is -0.140. The second-order valence-electron chi connectivity index (χ2n) is 8.64. The van der Waals surface area contributed by atoms with Gasteiger partial charge in [-0.1, -0.05) is 72.8 Å². The van der Waals surface area contributed by atoms with Gasteiger partial charge in [-0.15, -0.1) is 0 Å². The van der Waals surface area contributed by atoms with Crippen LogP contribution in [0.2, 0.25) is 0 Å². The van der Waals surface area contributed by atoms with E-state index >= 15 is 0 Å². The van der Waals surface area contributed by atoms with Crippen molar-refractivity contribution in [2.45, 2.75) is 24.8 Å². The van der Waals surface area contributed by atoms with Crippen LogP contribution >= 0.6 is 0 Å². The number of carboxylic acids is 1. The molecule has 2 atom stereocenters. The lowest BCUT2D eigenvalue weighted by atomic mass is 9.78. The summed E-state index contributed by atoms with van der Waals surface area (Å²) in [4.78, 5) is 28.0. The first-order chi connectivity index (χ1) is 16.5. The molecular weight excluding hydrogens is 429 g/mol. The van der Waals surface area contributed by atoms with Gasteiger partial charge in [-0.3, -0.25) is 9.59 Å². The number of carboxylic acid groups (broad SMARTS) is 1. The summed E-state index contributed by atoms with van der Waals surface area (Å²) in [6.45, 7) is 0.391. The predicted octanol–water partition coefficient (Wildman–Crippen LogP) is 5.98. The molecular formula is C29H24FNO3. The topological polar surface area (TPSA) is 57.6 Å². The second kappa shape index (κ2) is 9.10. The number of hydrogen-bond acceptors (Lipinski definition) is 2. The van der Waals surface area contributed by atoms with E-state index in [0.29, 0.717) is 30.5 Å². The lowest BCUT2D eigenvalue weighted by Crippen LogP contribution is -2.45. The summed E-state index contributed by atoms with van der Waals surface area (Å²) in [6.07, 6.45) is 1.29. The van der Waals surface area contributed by atoms with E-state index in [-0.39, 0.29) is 11.7 Å². The quantitative estimate of drug-likeness (QED) is 0.391. The van der Waals surface area contributed by atoms with Crippen LogP contribution in [-0.4, -0.2) is 28.4 Å². The number of rotatable bonds is 6. The van der Waals surface area contributed by atoms with Gasteiger partial charge < -0.3 is 10.0 Å². The number of nitrogens with zero attached hydrogens (tertiary/aromatic N) is 1. The van der Waals surface area contributed by atoms with E-state index in [9.17, 15) is 19.1 Å². The maximum atomic E-state index is 13.7. The fourth-order valence-corrected chi connectivity index (χ4v) is 5.06. The summed E-state index contributed by atoms with van der Waals surface area (Å²) < 4.78 is 13.3. The first kappa shape index (κ1) is 21.8. The number of aliphatic carboxylic acids is 1. The van der Waals surface area contributed by atoms with Gasteiger partial charge in [-0.25, -0.2) is 4.39 Å². The van der Waals surface area contributed by atoms with Crippen LogP contribution in [0.1, 0.15) is 45.4 Å². The highest BCUT2D eigenvalue weighted by molar-refractivity contribution is 6.01. The summed E-state index contributed by atoms with van der Waals surface area (Å²) in [5.74, 6) is -2.29. The second-order valence-corrected chi connectivity index (χ2v) is 8.64. The van der Waals surface area contributed by atoms with Crippen molar-refractivity contribution in [2.75, 3.05) is 6.54 Å². The molecule has 1 aliphatic rings. The number of carbonyl (C=O) groups excluding carboxylic acids is 1. The molecule has 0 radical (unpaired) electrons. The number of amides is 1. The zero-order chi connectivity index (χ0) is 23.7. The minimum Gasteiger partial charge on any atom is -0.481 e. The molecule has 34 heavy (non-hydrogen) atoms. The van der Waals surface area contributed by atoms with E-state index in [1.807, 2.05) is 42.5 Å². The van der Waals surface area contributed by atoms with Gasteiger partial charge in [0.15, 0.2) is 0 Å². The molecule has 0 bridgehead atoms. The molecule has 4 aromatic carbocycles. The Morgan fingerprint density at radius 3 is 2.32 bits per heavy atom. The molecule has 2 unspecified atom stereocenters. The van der Waals surface area contributed by atoms with E-state index in [1.165, 1.54) is 12.1 Å². The third-order valence-electron chi connectivity index (χ3n) is 6.62. The van der Waals surface area contributed by atoms with E-state index in [1.54, 1.807) is 41.3 Å². The fourth-order valence-electron chi connectivity index (χ4n) is 5.06. The molecule has 0 spiro atoms. The van der Waals surface area contributed by atoms with E-state index in [0.717, 1.165) is 21.9 Å². The zero-order valence-corrected chi connectivity index (χ0v) is 18.5. The van der Waals surface area contributed by atoms with E-state index in [2.05, 4.69) is 0 Å². The molecule has 1 amide bonds.